The molecule has 0 spiro atoms. The molecule has 2 rings (SSSR count). The molecule has 0 bridgehead atoms. The Morgan fingerprint density at radius 1 is 1.58 bits per heavy atom. The molecule has 0 unspecified atom stereocenters. The fourth-order valence-electron chi connectivity index (χ4n) is 2.09. The van der Waals surface area contributed by atoms with Crippen LogP contribution in [0.25, 0.3) is 0 Å². The summed E-state index contributed by atoms with van der Waals surface area (Å²) in [6.45, 7) is 0.421. The van der Waals surface area contributed by atoms with Crippen molar-refractivity contribution in [3.8, 4) is 11.8 Å². The standard InChI is InChI=1S/C14H15BrN2O2/c1-19-12-4-3-10(7-11(12)15)8-17-13(18)14(9-16)5-2-6-14/h3-4,7H,2,5-6,8H2,1H3,(H,17,18). The van der Waals surface area contributed by atoms with Crippen LogP contribution < -0.4 is 10.1 Å². The number of methoxy groups -OCH3 is 1. The van der Waals surface area contributed by atoms with Gasteiger partial charge < -0.3 is 10.1 Å². The predicted molar refractivity (Wildman–Crippen MR) is 74.4 cm³/mol. The molecule has 0 heterocycles. The van der Waals surface area contributed by atoms with Crippen LogP contribution in [0.2, 0.25) is 0 Å². The van der Waals surface area contributed by atoms with Gasteiger partial charge in [0, 0.05) is 6.54 Å². The van der Waals surface area contributed by atoms with Crippen LogP contribution >= 0.6 is 15.9 Å². The van der Waals surface area contributed by atoms with Gasteiger partial charge in [-0.3, -0.25) is 4.79 Å². The summed E-state index contributed by atoms with van der Waals surface area (Å²) >= 11 is 3.40. The maximum absolute atomic E-state index is 12.0. The van der Waals surface area contributed by atoms with E-state index in [1.165, 1.54) is 0 Å². The molecule has 5 heteroatoms. The van der Waals surface area contributed by atoms with Crippen LogP contribution in [0.3, 0.4) is 0 Å². The number of benzene rings is 1. The number of amides is 1. The van der Waals surface area contributed by atoms with Crippen molar-refractivity contribution in [3.05, 3.63) is 28.2 Å². The number of hydrogen-bond acceptors (Lipinski definition) is 3. The second-order valence-corrected chi connectivity index (χ2v) is 5.55. The lowest BCUT2D eigenvalue weighted by Gasteiger charge is -2.33. The average molecular weight is 323 g/mol. The molecule has 0 aliphatic heterocycles. The molecule has 0 atom stereocenters. The summed E-state index contributed by atoms with van der Waals surface area (Å²) < 4.78 is 5.99. The van der Waals surface area contributed by atoms with Crippen molar-refractivity contribution in [2.24, 2.45) is 5.41 Å². The Labute approximate surface area is 120 Å². The smallest absolute Gasteiger partial charge is 0.240 e. The van der Waals surface area contributed by atoms with E-state index in [0.717, 1.165) is 22.2 Å². The number of nitrogens with zero attached hydrogens (tertiary/aromatic N) is 1. The van der Waals surface area contributed by atoms with E-state index in [2.05, 4.69) is 27.3 Å². The first kappa shape index (κ1) is 13.9. The zero-order valence-corrected chi connectivity index (χ0v) is 12.3. The Hall–Kier alpha value is -1.54. The van der Waals surface area contributed by atoms with E-state index in [4.69, 9.17) is 10.00 Å². The van der Waals surface area contributed by atoms with E-state index in [0.29, 0.717) is 19.4 Å². The molecule has 0 radical (unpaired) electrons. The largest absolute Gasteiger partial charge is 0.496 e. The van der Waals surface area contributed by atoms with Crippen LogP contribution in [0.4, 0.5) is 0 Å². The lowest BCUT2D eigenvalue weighted by atomic mass is 9.69. The van der Waals surface area contributed by atoms with Gasteiger partial charge in [0.25, 0.3) is 0 Å². The van der Waals surface area contributed by atoms with Crippen molar-refractivity contribution in [1.29, 1.82) is 5.26 Å². The molecule has 1 saturated carbocycles. The first-order valence-corrected chi connectivity index (χ1v) is 6.92. The Balaban J connectivity index is 1.98. The highest BCUT2D eigenvalue weighted by atomic mass is 79.9. The quantitative estimate of drug-likeness (QED) is 0.927. The summed E-state index contributed by atoms with van der Waals surface area (Å²) in [5, 5.41) is 11.9. The summed E-state index contributed by atoms with van der Waals surface area (Å²) in [5.74, 6) is 0.593. The third kappa shape index (κ3) is 2.74. The van der Waals surface area contributed by atoms with Gasteiger partial charge in [-0.15, -0.1) is 0 Å². The first-order valence-electron chi connectivity index (χ1n) is 6.13. The highest BCUT2D eigenvalue weighted by Crippen LogP contribution is 2.40. The van der Waals surface area contributed by atoms with Crippen LogP contribution in [-0.2, 0) is 11.3 Å². The molecule has 4 nitrogen and oxygen atoms in total. The summed E-state index contributed by atoms with van der Waals surface area (Å²) in [5.41, 5.74) is 0.178. The number of halogens is 1. The number of carbonyl (C=O) groups excluding carboxylic acids is 1. The monoisotopic (exact) mass is 322 g/mol. The third-order valence-corrected chi connectivity index (χ3v) is 4.14. The molecule has 0 aromatic heterocycles. The maximum atomic E-state index is 12.0. The van der Waals surface area contributed by atoms with Crippen molar-refractivity contribution in [3.63, 3.8) is 0 Å². The number of carbonyl (C=O) groups is 1. The first-order chi connectivity index (χ1) is 9.11. The number of ether oxygens (including phenoxy) is 1. The van der Waals surface area contributed by atoms with Crippen LogP contribution in [0.5, 0.6) is 5.75 Å². The number of hydrogen-bond donors (Lipinski definition) is 1. The summed E-state index contributed by atoms with van der Waals surface area (Å²) in [6.07, 6.45) is 2.29. The molecule has 0 saturated heterocycles. The van der Waals surface area contributed by atoms with Gasteiger partial charge in [-0.25, -0.2) is 0 Å². The Morgan fingerprint density at radius 3 is 2.79 bits per heavy atom. The van der Waals surface area contributed by atoms with Crippen LogP contribution in [0.15, 0.2) is 22.7 Å². The topological polar surface area (TPSA) is 62.1 Å². The fourth-order valence-corrected chi connectivity index (χ4v) is 2.68. The Morgan fingerprint density at radius 2 is 2.32 bits per heavy atom. The lowest BCUT2D eigenvalue weighted by Crippen LogP contribution is -2.44. The van der Waals surface area contributed by atoms with Crippen molar-refractivity contribution in [2.75, 3.05) is 7.11 Å². The molecule has 1 aromatic rings. The van der Waals surface area contributed by atoms with Gasteiger partial charge in [-0.1, -0.05) is 6.07 Å². The lowest BCUT2D eigenvalue weighted by molar-refractivity contribution is -0.131. The molecule has 1 N–H and O–H groups in total. The minimum absolute atomic E-state index is 0.159. The average Bonchev–Trinajstić information content (AvgIpc) is 2.36. The van der Waals surface area contributed by atoms with Gasteiger partial charge >= 0.3 is 0 Å². The molecule has 1 aliphatic rings. The van der Waals surface area contributed by atoms with E-state index in [1.54, 1.807) is 7.11 Å². The predicted octanol–water partition coefficient (Wildman–Crippen LogP) is 2.77. The van der Waals surface area contributed by atoms with Gasteiger partial charge in [-0.05, 0) is 52.9 Å². The molecular weight excluding hydrogens is 308 g/mol. The van der Waals surface area contributed by atoms with Gasteiger partial charge in [0.05, 0.1) is 17.7 Å². The van der Waals surface area contributed by atoms with E-state index in [9.17, 15) is 4.79 Å². The number of nitriles is 1. The van der Waals surface area contributed by atoms with Crippen LogP contribution in [-0.4, -0.2) is 13.0 Å². The van der Waals surface area contributed by atoms with Crippen LogP contribution in [0, 0.1) is 16.7 Å². The molecule has 1 aliphatic carbocycles. The van der Waals surface area contributed by atoms with Gasteiger partial charge in [0.15, 0.2) is 0 Å². The normalized spacial score (nSPS) is 16.1. The van der Waals surface area contributed by atoms with Crippen molar-refractivity contribution in [2.45, 2.75) is 25.8 Å². The molecule has 1 fully saturated rings. The zero-order chi connectivity index (χ0) is 13.9. The highest BCUT2D eigenvalue weighted by Gasteiger charge is 2.44. The fraction of sp³-hybridized carbons (Fsp3) is 0.429. The maximum Gasteiger partial charge on any atom is 0.240 e. The van der Waals surface area contributed by atoms with Crippen molar-refractivity contribution in [1.82, 2.24) is 5.32 Å². The third-order valence-electron chi connectivity index (χ3n) is 3.53. The highest BCUT2D eigenvalue weighted by molar-refractivity contribution is 9.10. The van der Waals surface area contributed by atoms with Gasteiger partial charge in [0.1, 0.15) is 11.2 Å². The summed E-state index contributed by atoms with van der Waals surface area (Å²) in [4.78, 5) is 12.0. The van der Waals surface area contributed by atoms with Gasteiger partial charge in [-0.2, -0.15) is 5.26 Å². The van der Waals surface area contributed by atoms with Crippen LogP contribution in [0.1, 0.15) is 24.8 Å². The molecule has 19 heavy (non-hydrogen) atoms. The second-order valence-electron chi connectivity index (χ2n) is 4.70. The van der Waals surface area contributed by atoms with E-state index in [-0.39, 0.29) is 5.91 Å². The summed E-state index contributed by atoms with van der Waals surface area (Å²) in [7, 11) is 1.61. The van der Waals surface area contributed by atoms with Crippen molar-refractivity contribution >= 4 is 21.8 Å². The van der Waals surface area contributed by atoms with E-state index >= 15 is 0 Å². The van der Waals surface area contributed by atoms with Gasteiger partial charge in [0.2, 0.25) is 5.91 Å². The molecule has 100 valence electrons. The number of rotatable bonds is 4. The summed E-state index contributed by atoms with van der Waals surface area (Å²) in [6, 6.07) is 7.78. The minimum Gasteiger partial charge on any atom is -0.496 e. The second kappa shape index (κ2) is 5.62. The van der Waals surface area contributed by atoms with E-state index in [1.807, 2.05) is 18.2 Å². The van der Waals surface area contributed by atoms with E-state index < -0.39 is 5.41 Å². The zero-order valence-electron chi connectivity index (χ0n) is 10.7. The Kier molecular flexibility index (Phi) is 4.11. The molecule has 1 amide bonds. The molecule has 1 aromatic carbocycles. The number of nitrogens with one attached hydrogen (secondary N) is 1. The molecular formula is C14H15BrN2O2. The van der Waals surface area contributed by atoms with Crippen molar-refractivity contribution < 1.29 is 9.53 Å². The Bertz CT molecular complexity index is 533. The minimum atomic E-state index is -0.788. The SMILES string of the molecule is COc1ccc(CNC(=O)C2(C#N)CCC2)cc1Br.